The number of benzene rings is 1. The largest absolute Gasteiger partial charge is 0.339 e. The Morgan fingerprint density at radius 2 is 2.00 bits per heavy atom. The molecule has 0 N–H and O–H groups in total. The van der Waals surface area contributed by atoms with Crippen LogP contribution < -0.4 is 0 Å². The SMILES string of the molecule is CC(C)N1CCC(N(C)C(=O)c2cccc(Br)c2Cl)CC1. The van der Waals surface area contributed by atoms with Crippen LogP contribution in [0.15, 0.2) is 22.7 Å². The monoisotopic (exact) mass is 372 g/mol. The van der Waals surface area contributed by atoms with Gasteiger partial charge in [-0.1, -0.05) is 17.7 Å². The average molecular weight is 374 g/mol. The molecule has 0 aromatic heterocycles. The van der Waals surface area contributed by atoms with E-state index in [1.165, 1.54) is 0 Å². The van der Waals surface area contributed by atoms with Gasteiger partial charge in [0.05, 0.1) is 10.6 Å². The molecule has 1 amide bonds. The van der Waals surface area contributed by atoms with Crippen molar-refractivity contribution in [2.45, 2.75) is 38.8 Å². The normalized spacial score (nSPS) is 17.2. The van der Waals surface area contributed by atoms with Crippen LogP contribution in [0.25, 0.3) is 0 Å². The maximum Gasteiger partial charge on any atom is 0.255 e. The molecule has 116 valence electrons. The molecule has 0 radical (unpaired) electrons. The Morgan fingerprint density at radius 1 is 1.38 bits per heavy atom. The van der Waals surface area contributed by atoms with Crippen molar-refractivity contribution < 1.29 is 4.79 Å². The lowest BCUT2D eigenvalue weighted by Crippen LogP contribution is -2.47. The summed E-state index contributed by atoms with van der Waals surface area (Å²) < 4.78 is 0.762. The van der Waals surface area contributed by atoms with Crippen LogP contribution in [0, 0.1) is 0 Å². The number of halogens is 2. The number of nitrogens with zero attached hydrogens (tertiary/aromatic N) is 2. The van der Waals surface area contributed by atoms with E-state index in [1.54, 1.807) is 6.07 Å². The molecule has 0 bridgehead atoms. The van der Waals surface area contributed by atoms with Gasteiger partial charge < -0.3 is 9.80 Å². The molecule has 1 aliphatic heterocycles. The van der Waals surface area contributed by atoms with E-state index in [0.29, 0.717) is 22.7 Å². The molecule has 0 unspecified atom stereocenters. The van der Waals surface area contributed by atoms with E-state index in [-0.39, 0.29) is 5.91 Å². The van der Waals surface area contributed by atoms with E-state index in [9.17, 15) is 4.79 Å². The topological polar surface area (TPSA) is 23.6 Å². The zero-order valence-electron chi connectivity index (χ0n) is 12.8. The van der Waals surface area contributed by atoms with Crippen LogP contribution in [-0.2, 0) is 0 Å². The maximum absolute atomic E-state index is 12.6. The molecule has 1 heterocycles. The van der Waals surface area contributed by atoms with Crippen LogP contribution >= 0.6 is 27.5 Å². The highest BCUT2D eigenvalue weighted by molar-refractivity contribution is 9.10. The maximum atomic E-state index is 12.6. The second kappa shape index (κ2) is 7.12. The Morgan fingerprint density at radius 3 is 2.57 bits per heavy atom. The van der Waals surface area contributed by atoms with Crippen LogP contribution in [0.4, 0.5) is 0 Å². The van der Waals surface area contributed by atoms with Crippen molar-refractivity contribution in [1.82, 2.24) is 9.80 Å². The van der Waals surface area contributed by atoms with Gasteiger partial charge >= 0.3 is 0 Å². The minimum atomic E-state index is 0.00398. The summed E-state index contributed by atoms with van der Waals surface area (Å²) >= 11 is 9.61. The fourth-order valence-electron chi connectivity index (χ4n) is 2.81. The first-order chi connectivity index (χ1) is 9.91. The summed E-state index contributed by atoms with van der Waals surface area (Å²) in [5, 5.41) is 0.494. The zero-order valence-corrected chi connectivity index (χ0v) is 15.1. The van der Waals surface area contributed by atoms with Gasteiger partial charge in [0.1, 0.15) is 0 Å². The Hall–Kier alpha value is -0.580. The predicted octanol–water partition coefficient (Wildman–Crippen LogP) is 4.05. The van der Waals surface area contributed by atoms with Crippen LogP contribution in [-0.4, -0.2) is 47.9 Å². The van der Waals surface area contributed by atoms with Crippen LogP contribution in [0.3, 0.4) is 0 Å². The molecule has 0 aliphatic carbocycles. The van der Waals surface area contributed by atoms with Gasteiger partial charge in [0.15, 0.2) is 0 Å². The van der Waals surface area contributed by atoms with Gasteiger partial charge in [-0.3, -0.25) is 4.79 Å². The molecule has 1 fully saturated rings. The molecule has 1 aromatic rings. The van der Waals surface area contributed by atoms with Gasteiger partial charge in [-0.05, 0) is 54.8 Å². The van der Waals surface area contributed by atoms with E-state index in [1.807, 2.05) is 24.1 Å². The van der Waals surface area contributed by atoms with Gasteiger partial charge in [0, 0.05) is 36.7 Å². The molecule has 0 atom stereocenters. The highest BCUT2D eigenvalue weighted by Crippen LogP contribution is 2.28. The van der Waals surface area contributed by atoms with Crippen molar-refractivity contribution >= 4 is 33.4 Å². The minimum absolute atomic E-state index is 0.00398. The first kappa shape index (κ1) is 16.8. The fraction of sp³-hybridized carbons (Fsp3) is 0.562. The smallest absolute Gasteiger partial charge is 0.255 e. The first-order valence-electron chi connectivity index (χ1n) is 7.37. The van der Waals surface area contributed by atoms with Crippen LogP contribution in [0.5, 0.6) is 0 Å². The Kier molecular flexibility index (Phi) is 5.69. The van der Waals surface area contributed by atoms with E-state index < -0.39 is 0 Å². The standard InChI is InChI=1S/C16H22BrClN2O/c1-11(2)20-9-7-12(8-10-20)19(3)16(21)13-5-4-6-14(17)15(13)18/h4-6,11-12H,7-10H2,1-3H3. The third kappa shape index (κ3) is 3.79. The molecule has 0 saturated carbocycles. The van der Waals surface area contributed by atoms with Gasteiger partial charge in [-0.25, -0.2) is 0 Å². The number of hydrogen-bond acceptors (Lipinski definition) is 2. The van der Waals surface area contributed by atoms with Gasteiger partial charge in [-0.2, -0.15) is 0 Å². The first-order valence-corrected chi connectivity index (χ1v) is 8.54. The second-order valence-corrected chi connectivity index (χ2v) is 7.11. The number of likely N-dealkylation sites (tertiary alicyclic amines) is 1. The van der Waals surface area contributed by atoms with E-state index in [0.717, 1.165) is 30.4 Å². The quantitative estimate of drug-likeness (QED) is 0.798. The Labute approximate surface area is 140 Å². The summed E-state index contributed by atoms with van der Waals surface area (Å²) in [6.45, 7) is 6.53. The summed E-state index contributed by atoms with van der Waals surface area (Å²) in [7, 11) is 1.88. The van der Waals surface area contributed by atoms with Gasteiger partial charge in [0.25, 0.3) is 5.91 Å². The molecule has 0 spiro atoms. The molecule has 5 heteroatoms. The number of carbonyl (C=O) groups is 1. The molecule has 1 aromatic carbocycles. The summed E-state index contributed by atoms with van der Waals surface area (Å²) in [4.78, 5) is 17.0. The van der Waals surface area contributed by atoms with Crippen molar-refractivity contribution in [3.63, 3.8) is 0 Å². The van der Waals surface area contributed by atoms with E-state index in [2.05, 4.69) is 34.7 Å². The van der Waals surface area contributed by atoms with Crippen molar-refractivity contribution in [3.8, 4) is 0 Å². The number of rotatable bonds is 3. The lowest BCUT2D eigenvalue weighted by atomic mass is 10.0. The minimum Gasteiger partial charge on any atom is -0.339 e. The second-order valence-electron chi connectivity index (χ2n) is 5.88. The predicted molar refractivity (Wildman–Crippen MR) is 91.0 cm³/mol. The lowest BCUT2D eigenvalue weighted by molar-refractivity contribution is 0.0615. The Balaban J connectivity index is 2.05. The third-order valence-electron chi connectivity index (χ3n) is 4.28. The summed E-state index contributed by atoms with van der Waals surface area (Å²) in [6.07, 6.45) is 2.04. The summed E-state index contributed by atoms with van der Waals surface area (Å²) in [6, 6.07) is 6.35. The van der Waals surface area contributed by atoms with Gasteiger partial charge in [-0.15, -0.1) is 0 Å². The fourth-order valence-corrected chi connectivity index (χ4v) is 3.39. The lowest BCUT2D eigenvalue weighted by Gasteiger charge is -2.38. The summed E-state index contributed by atoms with van der Waals surface area (Å²) in [5.41, 5.74) is 0.569. The van der Waals surface area contributed by atoms with E-state index in [4.69, 9.17) is 11.6 Å². The van der Waals surface area contributed by atoms with E-state index >= 15 is 0 Å². The number of hydrogen-bond donors (Lipinski definition) is 0. The molecule has 1 saturated heterocycles. The highest BCUT2D eigenvalue weighted by Gasteiger charge is 2.27. The highest BCUT2D eigenvalue weighted by atomic mass is 79.9. The van der Waals surface area contributed by atoms with Crippen molar-refractivity contribution in [2.75, 3.05) is 20.1 Å². The van der Waals surface area contributed by atoms with Crippen LogP contribution in [0.1, 0.15) is 37.0 Å². The van der Waals surface area contributed by atoms with Crippen molar-refractivity contribution in [3.05, 3.63) is 33.3 Å². The molecule has 3 nitrogen and oxygen atoms in total. The van der Waals surface area contributed by atoms with Crippen molar-refractivity contribution in [2.24, 2.45) is 0 Å². The number of piperidine rings is 1. The molecule has 2 rings (SSSR count). The third-order valence-corrected chi connectivity index (χ3v) is 5.58. The zero-order chi connectivity index (χ0) is 15.6. The van der Waals surface area contributed by atoms with Crippen molar-refractivity contribution in [1.29, 1.82) is 0 Å². The number of amides is 1. The number of carbonyl (C=O) groups excluding carboxylic acids is 1. The average Bonchev–Trinajstić information content (AvgIpc) is 2.48. The molecular weight excluding hydrogens is 352 g/mol. The van der Waals surface area contributed by atoms with Gasteiger partial charge in [0.2, 0.25) is 0 Å². The molecule has 1 aliphatic rings. The summed E-state index contributed by atoms with van der Waals surface area (Å²) in [5.74, 6) is 0.00398. The molecule has 21 heavy (non-hydrogen) atoms. The van der Waals surface area contributed by atoms with Crippen LogP contribution in [0.2, 0.25) is 5.02 Å². The Bertz CT molecular complexity index is 513. The molecular formula is C16H22BrClN2O.